The predicted octanol–water partition coefficient (Wildman–Crippen LogP) is 1.04. The fourth-order valence-corrected chi connectivity index (χ4v) is 1.80. The zero-order valence-electron chi connectivity index (χ0n) is 14.6. The second kappa shape index (κ2) is 8.97. The highest BCUT2D eigenvalue weighted by molar-refractivity contribution is 5.81. The molecule has 0 radical (unpaired) electrons. The predicted molar refractivity (Wildman–Crippen MR) is 88.2 cm³/mol. The molecule has 2 N–H and O–H groups in total. The normalized spacial score (nSPS) is 12.8. The summed E-state index contributed by atoms with van der Waals surface area (Å²) in [6.07, 6.45) is 3.03. The third-order valence-electron chi connectivity index (χ3n) is 3.12. The van der Waals surface area contributed by atoms with Crippen molar-refractivity contribution in [1.82, 2.24) is 4.57 Å². The molecule has 0 spiro atoms. The van der Waals surface area contributed by atoms with Crippen LogP contribution in [0.2, 0.25) is 0 Å². The third kappa shape index (κ3) is 6.03. The number of allylic oxidation sites excluding steroid dienone is 1. The molecular weight excluding hydrogens is 333 g/mol. The van der Waals surface area contributed by atoms with Crippen LogP contribution in [-0.2, 0) is 26.1 Å². The molecule has 0 amide bonds. The molecule has 0 fully saturated rings. The average Bonchev–Trinajstić information content (AvgIpc) is 2.50. The lowest BCUT2D eigenvalue weighted by Crippen LogP contribution is -2.40. The van der Waals surface area contributed by atoms with Crippen LogP contribution in [0.3, 0.4) is 0 Å². The van der Waals surface area contributed by atoms with E-state index < -0.39 is 17.3 Å². The summed E-state index contributed by atoms with van der Waals surface area (Å²) >= 11 is 0. The lowest BCUT2D eigenvalue weighted by Gasteiger charge is -2.22. The highest BCUT2D eigenvalue weighted by Crippen LogP contribution is 2.15. The van der Waals surface area contributed by atoms with Crippen LogP contribution in [0.5, 0.6) is 0 Å². The van der Waals surface area contributed by atoms with Crippen LogP contribution in [0.15, 0.2) is 29.2 Å². The number of aryl methyl sites for hydroxylation is 1. The minimum Gasteiger partial charge on any atom is -0.480 e. The van der Waals surface area contributed by atoms with E-state index in [0.29, 0.717) is 6.29 Å². The number of aliphatic carboxylic acids is 1. The van der Waals surface area contributed by atoms with E-state index in [1.54, 1.807) is 0 Å². The molecule has 0 atom stereocenters. The molecule has 1 aromatic rings. The molecule has 0 aliphatic carbocycles. The van der Waals surface area contributed by atoms with Gasteiger partial charge in [-0.2, -0.15) is 4.99 Å². The number of pyridine rings is 1. The van der Waals surface area contributed by atoms with Gasteiger partial charge in [0, 0.05) is 32.5 Å². The van der Waals surface area contributed by atoms with Crippen LogP contribution in [0.4, 0.5) is 10.1 Å². The largest absolute Gasteiger partial charge is 0.480 e. The number of anilines is 1. The minimum absolute atomic E-state index is 0.0619. The van der Waals surface area contributed by atoms with Crippen molar-refractivity contribution in [1.29, 1.82) is 0 Å². The number of carbonyl (C=O) groups excluding carboxylic acids is 1. The number of carboxylic acid groups (broad SMARTS) is 1. The molecule has 1 rings (SSSR count). The number of nitrogens with one attached hydrogen (secondary N) is 1. The molecule has 138 valence electrons. The Bertz CT molecular complexity index is 699. The van der Waals surface area contributed by atoms with Gasteiger partial charge in [0.25, 0.3) is 0 Å². The number of aromatic nitrogens is 1. The van der Waals surface area contributed by atoms with E-state index in [9.17, 15) is 14.0 Å². The van der Waals surface area contributed by atoms with Crippen LogP contribution in [0.25, 0.3) is 0 Å². The number of carboxylic acids is 1. The van der Waals surface area contributed by atoms with E-state index in [0.717, 1.165) is 12.1 Å². The van der Waals surface area contributed by atoms with Crippen molar-refractivity contribution in [2.45, 2.75) is 19.4 Å². The van der Waals surface area contributed by atoms with Gasteiger partial charge in [0.15, 0.2) is 11.3 Å². The van der Waals surface area contributed by atoms with E-state index >= 15 is 0 Å². The molecule has 0 aliphatic heterocycles. The molecule has 0 aromatic carbocycles. The number of nitrogens with zero attached hydrogens (tertiary/aromatic N) is 2. The Hall–Kier alpha value is -2.68. The molecule has 1 heterocycles. The van der Waals surface area contributed by atoms with Gasteiger partial charge in [-0.25, -0.2) is 9.18 Å². The molecular formula is C16H22FN3O5. The molecule has 8 nitrogen and oxygen atoms in total. The zero-order valence-corrected chi connectivity index (χ0v) is 14.6. The number of rotatable bonds is 9. The van der Waals surface area contributed by atoms with Gasteiger partial charge in [0.2, 0.25) is 5.88 Å². The van der Waals surface area contributed by atoms with Crippen LogP contribution < -0.4 is 10.8 Å². The number of carbonyl (C=O) groups is 2. The number of hydrogen-bond acceptors (Lipinski definition) is 6. The van der Waals surface area contributed by atoms with Crippen LogP contribution in [0, 0.1) is 5.82 Å². The lowest BCUT2D eigenvalue weighted by molar-refractivity contribution is -0.141. The molecule has 1 aromatic heterocycles. The summed E-state index contributed by atoms with van der Waals surface area (Å²) in [4.78, 5) is 25.8. The Morgan fingerprint density at radius 3 is 2.68 bits per heavy atom. The standard InChI is InChI=1S/C16H22FN3O5/c1-16(2,15(22)23)19-11-9-12(17)14(20(3)10-11)18-13(5-6-21)25-8-7-24-4/h5-6,9-10,19H,7-8H2,1-4H3,(H,22,23)/b13-5+,18-14?. The summed E-state index contributed by atoms with van der Waals surface area (Å²) in [5.74, 6) is -1.85. The second-order valence-corrected chi connectivity index (χ2v) is 5.66. The van der Waals surface area contributed by atoms with Crippen molar-refractivity contribution in [2.75, 3.05) is 25.6 Å². The van der Waals surface area contributed by atoms with Gasteiger partial charge in [-0.05, 0) is 13.8 Å². The Morgan fingerprint density at radius 1 is 1.48 bits per heavy atom. The molecule has 0 aliphatic rings. The number of aldehydes is 1. The molecule has 25 heavy (non-hydrogen) atoms. The summed E-state index contributed by atoms with van der Waals surface area (Å²) in [6, 6.07) is 1.12. The van der Waals surface area contributed by atoms with Gasteiger partial charge in [0.05, 0.1) is 12.3 Å². The van der Waals surface area contributed by atoms with Gasteiger partial charge in [-0.1, -0.05) is 0 Å². The lowest BCUT2D eigenvalue weighted by atomic mass is 10.1. The third-order valence-corrected chi connectivity index (χ3v) is 3.12. The number of hydrogen-bond donors (Lipinski definition) is 2. The topological polar surface area (TPSA) is 102 Å². The molecule has 9 heteroatoms. The summed E-state index contributed by atoms with van der Waals surface area (Å²) in [5, 5.41) is 11.9. The van der Waals surface area contributed by atoms with Gasteiger partial charge in [0.1, 0.15) is 18.4 Å². The zero-order chi connectivity index (χ0) is 19.0. The molecule has 0 unspecified atom stereocenters. The monoisotopic (exact) mass is 355 g/mol. The molecule has 0 bridgehead atoms. The van der Waals surface area contributed by atoms with Crippen LogP contribution in [-0.4, -0.2) is 47.8 Å². The van der Waals surface area contributed by atoms with E-state index in [4.69, 9.17) is 14.6 Å². The first-order chi connectivity index (χ1) is 11.7. The van der Waals surface area contributed by atoms with Gasteiger partial charge in [-0.3, -0.25) is 4.79 Å². The minimum atomic E-state index is -1.27. The van der Waals surface area contributed by atoms with Crippen LogP contribution in [0.1, 0.15) is 13.8 Å². The highest BCUT2D eigenvalue weighted by atomic mass is 19.1. The highest BCUT2D eigenvalue weighted by Gasteiger charge is 2.27. The number of ether oxygens (including phenoxy) is 2. The maximum Gasteiger partial charge on any atom is 0.328 e. The first kappa shape index (κ1) is 20.4. The molecule has 0 saturated carbocycles. The maximum atomic E-state index is 14.4. The Labute approximate surface area is 144 Å². The summed E-state index contributed by atoms with van der Waals surface area (Å²) in [5.41, 5.74) is -1.08. The SMILES string of the molecule is COCCO/C(=C/C=O)N=c1c(F)cc(NC(C)(C)C(=O)O)cn1C. The second-order valence-electron chi connectivity index (χ2n) is 5.66. The Balaban J connectivity index is 3.18. The van der Waals surface area contributed by atoms with E-state index in [2.05, 4.69) is 10.3 Å². The van der Waals surface area contributed by atoms with Crippen molar-refractivity contribution in [3.05, 3.63) is 35.5 Å². The van der Waals surface area contributed by atoms with Crippen molar-refractivity contribution in [3.8, 4) is 0 Å². The Morgan fingerprint density at radius 2 is 2.16 bits per heavy atom. The van der Waals surface area contributed by atoms with Gasteiger partial charge < -0.3 is 24.5 Å². The number of methoxy groups -OCH3 is 1. The Kier molecular flexibility index (Phi) is 7.31. The summed E-state index contributed by atoms with van der Waals surface area (Å²) < 4.78 is 25.8. The smallest absolute Gasteiger partial charge is 0.328 e. The first-order valence-electron chi connectivity index (χ1n) is 7.41. The van der Waals surface area contributed by atoms with Crippen molar-refractivity contribution in [3.63, 3.8) is 0 Å². The maximum absolute atomic E-state index is 14.4. The fraction of sp³-hybridized carbons (Fsp3) is 0.438. The quantitative estimate of drug-likeness (QED) is 0.297. The van der Waals surface area contributed by atoms with Crippen molar-refractivity contribution in [2.24, 2.45) is 12.0 Å². The summed E-state index contributed by atoms with van der Waals surface area (Å²) in [6.45, 7) is 3.35. The first-order valence-corrected chi connectivity index (χ1v) is 7.41. The van der Waals surface area contributed by atoms with Crippen molar-refractivity contribution >= 4 is 17.9 Å². The fourth-order valence-electron chi connectivity index (χ4n) is 1.80. The van der Waals surface area contributed by atoms with Crippen molar-refractivity contribution < 1.29 is 28.6 Å². The number of halogens is 1. The van der Waals surface area contributed by atoms with E-state index in [1.165, 1.54) is 38.8 Å². The van der Waals surface area contributed by atoms with Crippen LogP contribution >= 0.6 is 0 Å². The van der Waals surface area contributed by atoms with E-state index in [1.807, 2.05) is 0 Å². The van der Waals surface area contributed by atoms with Gasteiger partial charge >= 0.3 is 5.97 Å². The molecule has 0 saturated heterocycles. The van der Waals surface area contributed by atoms with E-state index in [-0.39, 0.29) is 30.3 Å². The summed E-state index contributed by atoms with van der Waals surface area (Å²) in [7, 11) is 3.03. The van der Waals surface area contributed by atoms with Gasteiger partial charge in [-0.15, -0.1) is 0 Å². The average molecular weight is 355 g/mol.